The summed E-state index contributed by atoms with van der Waals surface area (Å²) in [6.07, 6.45) is 0.991. The molecule has 0 saturated carbocycles. The van der Waals surface area contributed by atoms with Gasteiger partial charge in [-0.2, -0.15) is 0 Å². The number of nitrogens with one attached hydrogen (secondary N) is 1. The molecule has 9 heteroatoms. The van der Waals surface area contributed by atoms with Gasteiger partial charge in [0, 0.05) is 59.4 Å². The number of benzene rings is 2. The van der Waals surface area contributed by atoms with Crippen LogP contribution in [-0.2, 0) is 20.7 Å². The van der Waals surface area contributed by atoms with Crippen molar-refractivity contribution in [2.24, 2.45) is 0 Å². The van der Waals surface area contributed by atoms with Crippen molar-refractivity contribution < 1.29 is 18.7 Å². The Morgan fingerprint density at radius 3 is 2.62 bits per heavy atom. The standard InChI is InChI=1S/C30H33N3O5S/c1-19-16-32(17-20(2)37-19)18-28(35)31-23-6-7-27-22(13-23)12-21-4-3-5-25(30(21)39-27)26-14-24(34)15-29(38-26)33-8-10-36-11-9-33/h3-7,13-15,19-20H,8-12,16-18H2,1-2H3,(H,31,35)/t19-,20?/m0/s1. The monoisotopic (exact) mass is 547 g/mol. The van der Waals surface area contributed by atoms with Gasteiger partial charge < -0.3 is 24.1 Å². The summed E-state index contributed by atoms with van der Waals surface area (Å²) >= 11 is 1.68. The first kappa shape index (κ1) is 26.1. The lowest BCUT2D eigenvalue weighted by atomic mass is 10.00. The van der Waals surface area contributed by atoms with Gasteiger partial charge in [-0.3, -0.25) is 14.5 Å². The molecule has 204 valence electrons. The molecule has 8 nitrogen and oxygen atoms in total. The summed E-state index contributed by atoms with van der Waals surface area (Å²) in [6, 6.07) is 15.4. The number of carbonyl (C=O) groups excluding carboxylic acids is 1. The Labute approximate surface area is 232 Å². The normalized spacial score (nSPS) is 21.2. The third-order valence-corrected chi connectivity index (χ3v) is 8.54. The van der Waals surface area contributed by atoms with E-state index in [0.717, 1.165) is 40.6 Å². The number of anilines is 2. The van der Waals surface area contributed by atoms with Gasteiger partial charge in [0.15, 0.2) is 11.3 Å². The van der Waals surface area contributed by atoms with Crippen LogP contribution in [0.1, 0.15) is 25.0 Å². The SMILES string of the molecule is CC1CN(CC(=O)Nc2ccc3c(c2)Cc2cccc(-c4cc(=O)cc(N5CCOCC5)o4)c2S3)C[C@H](C)O1. The second-order valence-corrected chi connectivity index (χ2v) is 11.5. The molecule has 1 N–H and O–H groups in total. The van der Waals surface area contributed by atoms with E-state index in [1.54, 1.807) is 23.9 Å². The van der Waals surface area contributed by atoms with Crippen LogP contribution in [0.15, 0.2) is 67.5 Å². The van der Waals surface area contributed by atoms with Crippen molar-refractivity contribution in [1.82, 2.24) is 4.90 Å². The number of nitrogens with zero attached hydrogens (tertiary/aromatic N) is 2. The predicted octanol–water partition coefficient (Wildman–Crippen LogP) is 4.25. The average Bonchev–Trinajstić information content (AvgIpc) is 2.91. The first-order chi connectivity index (χ1) is 18.9. The second-order valence-electron chi connectivity index (χ2n) is 10.5. The van der Waals surface area contributed by atoms with Crippen LogP contribution in [0.25, 0.3) is 11.3 Å². The average molecular weight is 548 g/mol. The number of hydrogen-bond acceptors (Lipinski definition) is 8. The quantitative estimate of drug-likeness (QED) is 0.397. The highest BCUT2D eigenvalue weighted by Gasteiger charge is 2.25. The van der Waals surface area contributed by atoms with E-state index < -0.39 is 0 Å². The molecule has 2 fully saturated rings. The van der Waals surface area contributed by atoms with Gasteiger partial charge in [-0.05, 0) is 49.6 Å². The topological polar surface area (TPSA) is 84.3 Å². The third-order valence-electron chi connectivity index (χ3n) is 7.24. The number of morpholine rings is 2. The van der Waals surface area contributed by atoms with Gasteiger partial charge in [0.2, 0.25) is 5.91 Å². The largest absolute Gasteiger partial charge is 0.440 e. The summed E-state index contributed by atoms with van der Waals surface area (Å²) in [4.78, 5) is 31.8. The highest BCUT2D eigenvalue weighted by molar-refractivity contribution is 7.99. The minimum absolute atomic E-state index is 0.0161. The number of ether oxygens (including phenoxy) is 2. The van der Waals surface area contributed by atoms with E-state index in [2.05, 4.69) is 33.3 Å². The number of fused-ring (bicyclic) bond motifs is 2. The van der Waals surface area contributed by atoms with E-state index >= 15 is 0 Å². The van der Waals surface area contributed by atoms with Gasteiger partial charge in [0.25, 0.3) is 0 Å². The smallest absolute Gasteiger partial charge is 0.238 e. The Balaban J connectivity index is 1.20. The van der Waals surface area contributed by atoms with E-state index in [0.29, 0.717) is 44.5 Å². The molecule has 2 atom stereocenters. The molecule has 3 aliphatic heterocycles. The molecule has 1 unspecified atom stereocenters. The lowest BCUT2D eigenvalue weighted by Gasteiger charge is -2.34. The number of hydrogen-bond donors (Lipinski definition) is 1. The zero-order valence-corrected chi connectivity index (χ0v) is 23.1. The Morgan fingerprint density at radius 2 is 1.82 bits per heavy atom. The molecule has 4 heterocycles. The van der Waals surface area contributed by atoms with Crippen molar-refractivity contribution in [1.29, 1.82) is 0 Å². The molecule has 2 aromatic carbocycles. The van der Waals surface area contributed by atoms with Crippen molar-refractivity contribution >= 4 is 29.2 Å². The maximum atomic E-state index is 12.8. The maximum absolute atomic E-state index is 12.8. The maximum Gasteiger partial charge on any atom is 0.238 e. The predicted molar refractivity (Wildman–Crippen MR) is 152 cm³/mol. The van der Waals surface area contributed by atoms with Crippen LogP contribution < -0.4 is 15.6 Å². The van der Waals surface area contributed by atoms with Gasteiger partial charge >= 0.3 is 0 Å². The van der Waals surface area contributed by atoms with Crippen LogP contribution in [0.3, 0.4) is 0 Å². The first-order valence-electron chi connectivity index (χ1n) is 13.5. The lowest BCUT2D eigenvalue weighted by molar-refractivity contribution is -0.121. The van der Waals surface area contributed by atoms with Crippen LogP contribution in [0, 0.1) is 0 Å². The third kappa shape index (κ3) is 5.91. The molecular weight excluding hydrogens is 514 g/mol. The van der Waals surface area contributed by atoms with Crippen molar-refractivity contribution in [3.05, 3.63) is 69.9 Å². The molecule has 0 radical (unpaired) electrons. The van der Waals surface area contributed by atoms with E-state index in [9.17, 15) is 9.59 Å². The zero-order valence-electron chi connectivity index (χ0n) is 22.3. The Morgan fingerprint density at radius 1 is 1.03 bits per heavy atom. The molecule has 1 amide bonds. The van der Waals surface area contributed by atoms with Gasteiger partial charge in [-0.15, -0.1) is 0 Å². The van der Waals surface area contributed by atoms with Crippen LogP contribution in [0.2, 0.25) is 0 Å². The Kier molecular flexibility index (Phi) is 7.49. The summed E-state index contributed by atoms with van der Waals surface area (Å²) in [5.41, 5.74) is 3.99. The number of amides is 1. The molecule has 3 aromatic rings. The molecular formula is C30H33N3O5S. The molecule has 2 saturated heterocycles. The van der Waals surface area contributed by atoms with Gasteiger partial charge in [-0.25, -0.2) is 0 Å². The van der Waals surface area contributed by atoms with Crippen LogP contribution in [0.5, 0.6) is 0 Å². The molecule has 6 rings (SSSR count). The first-order valence-corrected chi connectivity index (χ1v) is 14.3. The van der Waals surface area contributed by atoms with Gasteiger partial charge in [-0.1, -0.05) is 30.0 Å². The van der Waals surface area contributed by atoms with E-state index in [4.69, 9.17) is 13.9 Å². The molecule has 39 heavy (non-hydrogen) atoms. The fourth-order valence-electron chi connectivity index (χ4n) is 5.60. The molecule has 0 aliphatic carbocycles. The van der Waals surface area contributed by atoms with Crippen molar-refractivity contribution in [2.45, 2.75) is 42.3 Å². The summed E-state index contributed by atoms with van der Waals surface area (Å²) in [7, 11) is 0. The molecule has 0 spiro atoms. The summed E-state index contributed by atoms with van der Waals surface area (Å²) in [5.74, 6) is 1.14. The minimum atomic E-state index is -0.0714. The fraction of sp³-hybridized carbons (Fsp3) is 0.400. The number of rotatable bonds is 5. The Bertz CT molecular complexity index is 1420. The van der Waals surface area contributed by atoms with Crippen LogP contribution in [0.4, 0.5) is 11.6 Å². The van der Waals surface area contributed by atoms with Gasteiger partial charge in [0.05, 0.1) is 32.0 Å². The summed E-state index contributed by atoms with van der Waals surface area (Å²) in [6.45, 7) is 8.59. The lowest BCUT2D eigenvalue weighted by Crippen LogP contribution is -2.48. The minimum Gasteiger partial charge on any atom is -0.440 e. The highest BCUT2D eigenvalue weighted by atomic mass is 32.2. The molecule has 3 aliphatic rings. The number of carbonyl (C=O) groups is 1. The highest BCUT2D eigenvalue weighted by Crippen LogP contribution is 2.45. The zero-order chi connectivity index (χ0) is 26.9. The van der Waals surface area contributed by atoms with E-state index in [1.165, 1.54) is 11.1 Å². The van der Waals surface area contributed by atoms with Crippen molar-refractivity contribution in [2.75, 3.05) is 56.2 Å². The molecule has 0 bridgehead atoms. The summed E-state index contributed by atoms with van der Waals surface area (Å²) in [5, 5.41) is 3.08. The van der Waals surface area contributed by atoms with Crippen LogP contribution >= 0.6 is 11.8 Å². The molecule has 1 aromatic heterocycles. The fourth-order valence-corrected chi connectivity index (χ4v) is 6.77. The van der Waals surface area contributed by atoms with Crippen molar-refractivity contribution in [3.63, 3.8) is 0 Å². The summed E-state index contributed by atoms with van der Waals surface area (Å²) < 4.78 is 17.5. The van der Waals surface area contributed by atoms with Crippen molar-refractivity contribution in [3.8, 4) is 11.3 Å². The van der Waals surface area contributed by atoms with E-state index in [-0.39, 0.29) is 23.5 Å². The van der Waals surface area contributed by atoms with Crippen LogP contribution in [-0.4, -0.2) is 69.0 Å². The van der Waals surface area contributed by atoms with Gasteiger partial charge in [0.1, 0.15) is 5.76 Å². The Hall–Kier alpha value is -3.11. The second kappa shape index (κ2) is 11.2. The van der Waals surface area contributed by atoms with E-state index in [1.807, 2.05) is 32.0 Å².